The summed E-state index contributed by atoms with van der Waals surface area (Å²) in [4.78, 5) is 0. The number of ether oxygens (including phenoxy) is 3. The molecule has 0 radical (unpaired) electrons. The van der Waals surface area contributed by atoms with Gasteiger partial charge in [0.05, 0.1) is 25.9 Å². The average Bonchev–Trinajstić information content (AvgIpc) is 2.92. The quantitative estimate of drug-likeness (QED) is 0.860. The van der Waals surface area contributed by atoms with Gasteiger partial charge in [-0.3, -0.25) is 0 Å². The zero-order valence-corrected chi connectivity index (χ0v) is 11.6. The van der Waals surface area contributed by atoms with Crippen LogP contribution in [0.4, 0.5) is 0 Å². The summed E-state index contributed by atoms with van der Waals surface area (Å²) in [5, 5.41) is 9.54. The summed E-state index contributed by atoms with van der Waals surface area (Å²) in [6.07, 6.45) is 3.01. The van der Waals surface area contributed by atoms with Crippen LogP contribution in [0.1, 0.15) is 37.9 Å². The monoisotopic (exact) mass is 266 g/mol. The first-order chi connectivity index (χ1) is 9.20. The van der Waals surface area contributed by atoms with Crippen LogP contribution in [0.5, 0.6) is 11.5 Å². The van der Waals surface area contributed by atoms with Crippen LogP contribution in [0.3, 0.4) is 0 Å². The molecular weight excluding hydrogens is 244 g/mol. The SMILES string of the molecule is COc1cc([C@H](C)O)ccc1OCCC1CCCO1. The molecule has 1 unspecified atom stereocenters. The van der Waals surface area contributed by atoms with Crippen molar-refractivity contribution < 1.29 is 19.3 Å². The molecule has 1 N–H and O–H groups in total. The predicted octanol–water partition coefficient (Wildman–Crippen LogP) is 2.70. The lowest BCUT2D eigenvalue weighted by Gasteiger charge is -2.14. The molecule has 1 aliphatic heterocycles. The minimum Gasteiger partial charge on any atom is -0.493 e. The molecule has 1 fully saturated rings. The molecule has 0 saturated carbocycles. The molecule has 0 spiro atoms. The third-order valence-electron chi connectivity index (χ3n) is 3.39. The summed E-state index contributed by atoms with van der Waals surface area (Å²) in [5.74, 6) is 1.37. The number of hydrogen-bond donors (Lipinski definition) is 1. The Morgan fingerprint density at radius 1 is 1.42 bits per heavy atom. The maximum absolute atomic E-state index is 9.54. The number of aliphatic hydroxyl groups is 1. The van der Waals surface area contributed by atoms with Gasteiger partial charge in [-0.05, 0) is 37.5 Å². The second kappa shape index (κ2) is 6.78. The van der Waals surface area contributed by atoms with Crippen molar-refractivity contribution in [3.8, 4) is 11.5 Å². The summed E-state index contributed by atoms with van der Waals surface area (Å²) in [5.41, 5.74) is 0.823. The zero-order valence-electron chi connectivity index (χ0n) is 11.6. The summed E-state index contributed by atoms with van der Waals surface area (Å²) < 4.78 is 16.6. The van der Waals surface area contributed by atoms with E-state index in [1.807, 2.05) is 18.2 Å². The van der Waals surface area contributed by atoms with Gasteiger partial charge in [-0.1, -0.05) is 6.07 Å². The predicted molar refractivity (Wildman–Crippen MR) is 72.7 cm³/mol. The van der Waals surface area contributed by atoms with Crippen molar-refractivity contribution in [1.29, 1.82) is 0 Å². The molecule has 4 nitrogen and oxygen atoms in total. The van der Waals surface area contributed by atoms with Crippen molar-refractivity contribution in [2.75, 3.05) is 20.3 Å². The molecular formula is C15H22O4. The average molecular weight is 266 g/mol. The highest BCUT2D eigenvalue weighted by Crippen LogP contribution is 2.30. The summed E-state index contributed by atoms with van der Waals surface area (Å²) in [6.45, 7) is 3.22. The fraction of sp³-hybridized carbons (Fsp3) is 0.600. The Hall–Kier alpha value is -1.26. The van der Waals surface area contributed by atoms with Gasteiger partial charge >= 0.3 is 0 Å². The fourth-order valence-electron chi connectivity index (χ4n) is 2.24. The molecule has 4 heteroatoms. The molecule has 2 rings (SSSR count). The van der Waals surface area contributed by atoms with Gasteiger partial charge in [0, 0.05) is 13.0 Å². The Balaban J connectivity index is 1.91. The molecule has 1 aromatic rings. The normalized spacial score (nSPS) is 20.3. The van der Waals surface area contributed by atoms with Crippen molar-refractivity contribution >= 4 is 0 Å². The highest BCUT2D eigenvalue weighted by molar-refractivity contribution is 5.43. The number of rotatable bonds is 6. The standard InChI is InChI=1S/C15H22O4/c1-11(16)12-5-6-14(15(10-12)17-2)19-9-7-13-4-3-8-18-13/h5-6,10-11,13,16H,3-4,7-9H2,1-2H3/t11-,13?/m0/s1. The van der Waals surface area contributed by atoms with Crippen LogP contribution in [-0.2, 0) is 4.74 Å². The number of hydrogen-bond acceptors (Lipinski definition) is 4. The molecule has 1 aliphatic rings. The minimum absolute atomic E-state index is 0.336. The third kappa shape index (κ3) is 3.85. The van der Waals surface area contributed by atoms with Gasteiger partial charge < -0.3 is 19.3 Å². The van der Waals surface area contributed by atoms with Gasteiger partial charge in [0.1, 0.15) is 0 Å². The van der Waals surface area contributed by atoms with Crippen LogP contribution in [-0.4, -0.2) is 31.5 Å². The second-order valence-corrected chi connectivity index (χ2v) is 4.86. The first kappa shape index (κ1) is 14.2. The maximum Gasteiger partial charge on any atom is 0.161 e. The van der Waals surface area contributed by atoms with Gasteiger partial charge in [-0.15, -0.1) is 0 Å². The highest BCUT2D eigenvalue weighted by Gasteiger charge is 2.16. The summed E-state index contributed by atoms with van der Waals surface area (Å²) >= 11 is 0. The van der Waals surface area contributed by atoms with E-state index in [0.717, 1.165) is 31.4 Å². The van der Waals surface area contributed by atoms with E-state index in [4.69, 9.17) is 14.2 Å². The Bertz CT molecular complexity index is 397. The van der Waals surface area contributed by atoms with Crippen LogP contribution >= 0.6 is 0 Å². The van der Waals surface area contributed by atoms with Gasteiger partial charge in [-0.25, -0.2) is 0 Å². The largest absolute Gasteiger partial charge is 0.493 e. The fourth-order valence-corrected chi connectivity index (χ4v) is 2.24. The molecule has 106 valence electrons. The van der Waals surface area contributed by atoms with E-state index < -0.39 is 6.10 Å². The van der Waals surface area contributed by atoms with E-state index in [1.165, 1.54) is 0 Å². The lowest BCUT2D eigenvalue weighted by Crippen LogP contribution is -2.11. The minimum atomic E-state index is -0.505. The Kier molecular flexibility index (Phi) is 5.05. The van der Waals surface area contributed by atoms with Crippen molar-refractivity contribution in [3.05, 3.63) is 23.8 Å². The van der Waals surface area contributed by atoms with Crippen molar-refractivity contribution in [3.63, 3.8) is 0 Å². The first-order valence-electron chi connectivity index (χ1n) is 6.81. The second-order valence-electron chi connectivity index (χ2n) is 4.86. The molecule has 1 saturated heterocycles. The smallest absolute Gasteiger partial charge is 0.161 e. The van der Waals surface area contributed by atoms with E-state index in [0.29, 0.717) is 24.2 Å². The number of methoxy groups -OCH3 is 1. The lowest BCUT2D eigenvalue weighted by molar-refractivity contribution is 0.0899. The number of aliphatic hydroxyl groups excluding tert-OH is 1. The van der Waals surface area contributed by atoms with Gasteiger partial charge in [0.25, 0.3) is 0 Å². The van der Waals surface area contributed by atoms with Crippen molar-refractivity contribution in [2.24, 2.45) is 0 Å². The maximum atomic E-state index is 9.54. The number of benzene rings is 1. The summed E-state index contributed by atoms with van der Waals surface area (Å²) in [6, 6.07) is 5.51. The molecule has 1 heterocycles. The van der Waals surface area contributed by atoms with Crippen LogP contribution in [0.15, 0.2) is 18.2 Å². The molecule has 0 aromatic heterocycles. The van der Waals surface area contributed by atoms with E-state index in [1.54, 1.807) is 14.0 Å². The van der Waals surface area contributed by atoms with Gasteiger partial charge in [-0.2, -0.15) is 0 Å². The van der Waals surface area contributed by atoms with E-state index in [2.05, 4.69) is 0 Å². The zero-order chi connectivity index (χ0) is 13.7. The Labute approximate surface area is 114 Å². The molecule has 0 bridgehead atoms. The first-order valence-corrected chi connectivity index (χ1v) is 6.81. The van der Waals surface area contributed by atoms with Crippen molar-refractivity contribution in [2.45, 2.75) is 38.4 Å². The molecule has 19 heavy (non-hydrogen) atoms. The topological polar surface area (TPSA) is 47.9 Å². The summed E-state index contributed by atoms with van der Waals surface area (Å²) in [7, 11) is 1.61. The molecule has 0 aliphatic carbocycles. The highest BCUT2D eigenvalue weighted by atomic mass is 16.5. The van der Waals surface area contributed by atoms with Crippen LogP contribution in [0, 0.1) is 0 Å². The molecule has 0 amide bonds. The van der Waals surface area contributed by atoms with Gasteiger partial charge in [0.15, 0.2) is 11.5 Å². The van der Waals surface area contributed by atoms with E-state index in [9.17, 15) is 5.11 Å². The molecule has 1 aromatic carbocycles. The lowest BCUT2D eigenvalue weighted by atomic mass is 10.1. The Morgan fingerprint density at radius 3 is 2.89 bits per heavy atom. The molecule has 2 atom stereocenters. The Morgan fingerprint density at radius 2 is 2.26 bits per heavy atom. The van der Waals surface area contributed by atoms with Crippen LogP contribution in [0.2, 0.25) is 0 Å². The van der Waals surface area contributed by atoms with Crippen LogP contribution < -0.4 is 9.47 Å². The van der Waals surface area contributed by atoms with Gasteiger partial charge in [0.2, 0.25) is 0 Å². The van der Waals surface area contributed by atoms with Crippen LogP contribution in [0.25, 0.3) is 0 Å². The van der Waals surface area contributed by atoms with E-state index >= 15 is 0 Å². The third-order valence-corrected chi connectivity index (χ3v) is 3.39. The van der Waals surface area contributed by atoms with Crippen molar-refractivity contribution in [1.82, 2.24) is 0 Å². The van der Waals surface area contributed by atoms with E-state index in [-0.39, 0.29) is 0 Å².